The number of hydrogen-bond donors (Lipinski definition) is 2. The van der Waals surface area contributed by atoms with E-state index < -0.39 is 39.4 Å². The van der Waals surface area contributed by atoms with Gasteiger partial charge in [0, 0.05) is 157 Å². The van der Waals surface area contributed by atoms with E-state index in [2.05, 4.69) is 138 Å². The maximum Gasteiger partial charge on any atom is 0.410 e. The fraction of sp³-hybridized carbons (Fsp3) is 0.466. The van der Waals surface area contributed by atoms with Gasteiger partial charge in [0.15, 0.2) is 0 Å². The van der Waals surface area contributed by atoms with Crippen molar-refractivity contribution in [1.82, 2.24) is 48.4 Å². The average molecular weight is 1350 g/mol. The first-order valence-corrected chi connectivity index (χ1v) is 34.2. The molecule has 10 rings (SSSR count). The van der Waals surface area contributed by atoms with Gasteiger partial charge in [0.1, 0.15) is 49.1 Å². The summed E-state index contributed by atoms with van der Waals surface area (Å²) in [5.41, 5.74) is 6.36. The molecule has 16 nitrogen and oxygen atoms in total. The van der Waals surface area contributed by atoms with E-state index in [0.29, 0.717) is 39.5 Å². The summed E-state index contributed by atoms with van der Waals surface area (Å²) in [6.45, 7) is 23.3. The molecule has 2 saturated heterocycles. The number of rotatable bonds is 15. The number of para-hydroxylation sites is 2. The monoisotopic (exact) mass is 1350 g/mol. The molecule has 8 heterocycles. The zero-order chi connectivity index (χ0) is 55.7. The van der Waals surface area contributed by atoms with Crippen LogP contribution >= 0.6 is 12.6 Å². The van der Waals surface area contributed by atoms with Crippen LogP contribution in [0.15, 0.2) is 98.1 Å². The zero-order valence-corrected chi connectivity index (χ0v) is 53.4. The Kier molecular flexibility index (Phi) is 22.9. The second-order valence-corrected chi connectivity index (χ2v) is 34.2. The van der Waals surface area contributed by atoms with Crippen LogP contribution in [0.5, 0.6) is 0 Å². The number of hydrogen-bond acceptors (Lipinski definition) is 11. The second-order valence-electron chi connectivity index (χ2n) is 22.9. The number of aromatic amines is 1. The molecule has 0 saturated carbocycles. The molecule has 2 aromatic carbocycles. The third kappa shape index (κ3) is 15.2. The van der Waals surface area contributed by atoms with Crippen LogP contribution in [0.2, 0.25) is 51.4 Å². The molecule has 6 aromatic heterocycles. The van der Waals surface area contributed by atoms with Crippen molar-refractivity contribution in [2.45, 2.75) is 137 Å². The van der Waals surface area contributed by atoms with Crippen molar-refractivity contribution in [1.29, 1.82) is 6.60 Å². The summed E-state index contributed by atoms with van der Waals surface area (Å²) in [5, 5.41) is 14.1. The number of fused-ring (bicyclic) bond motifs is 4. The molecule has 2 amide bonds. The molecule has 2 radical (unpaired) electrons. The molecule has 2 aliphatic heterocycles. The Labute approximate surface area is 502 Å². The van der Waals surface area contributed by atoms with Crippen LogP contribution < -0.4 is 0 Å². The number of carbonyl (C=O) groups excluding carboxylic acids is 2. The van der Waals surface area contributed by atoms with E-state index in [1.54, 1.807) is 28.7 Å². The fourth-order valence-corrected chi connectivity index (χ4v) is 11.4. The number of thiol groups is 1. The molecule has 0 spiro atoms. The van der Waals surface area contributed by atoms with Crippen molar-refractivity contribution < 1.29 is 54.9 Å². The van der Waals surface area contributed by atoms with Crippen molar-refractivity contribution in [2.24, 2.45) is 0 Å². The van der Waals surface area contributed by atoms with Crippen molar-refractivity contribution in [3.63, 3.8) is 0 Å². The van der Waals surface area contributed by atoms with Crippen molar-refractivity contribution in [3.8, 4) is 28.6 Å². The van der Waals surface area contributed by atoms with E-state index in [1.165, 1.54) is 11.4 Å². The smallest absolute Gasteiger partial charge is 0.410 e. The van der Waals surface area contributed by atoms with E-state index in [4.69, 9.17) is 20.5 Å². The summed E-state index contributed by atoms with van der Waals surface area (Å²) in [6.07, 6.45) is 14.2. The van der Waals surface area contributed by atoms with Gasteiger partial charge in [-0.25, -0.2) is 24.7 Å². The van der Waals surface area contributed by atoms with E-state index >= 15 is 0 Å². The SMILES string of the molecule is C.C.CC(C)(C)OC(=O)N1CCCC1C(=O)N1CC(CC#N)(n2cc(-c3ncnc4c3ccn4COCC[Si](C)(C)C)c3ccccc32)C1.CS.C[Si](C)(C)CCOCn1ccc2c(-c3c[nH]c4ccccc34)ncnc21.[2H][B].[U]. The van der Waals surface area contributed by atoms with E-state index in [9.17, 15) is 14.9 Å². The van der Waals surface area contributed by atoms with Gasteiger partial charge in [-0.1, -0.05) is 90.5 Å². The third-order valence-electron chi connectivity index (χ3n) is 13.7. The molecule has 1 unspecified atom stereocenters. The maximum atomic E-state index is 13.8. The van der Waals surface area contributed by atoms with Gasteiger partial charge >= 0.3 is 6.09 Å². The van der Waals surface area contributed by atoms with Crippen LogP contribution in [0.25, 0.3) is 66.4 Å². The summed E-state index contributed by atoms with van der Waals surface area (Å²) in [6, 6.07) is 24.6. The Morgan fingerprint density at radius 2 is 1.33 bits per heavy atom. The molecular formula is C58H82BN11O5SSi2U. The van der Waals surface area contributed by atoms with Gasteiger partial charge in [-0.15, -0.1) is 0 Å². The van der Waals surface area contributed by atoms with Gasteiger partial charge in [-0.05, 0) is 77.6 Å². The number of amides is 2. The van der Waals surface area contributed by atoms with E-state index in [0.717, 1.165) is 86.7 Å². The van der Waals surface area contributed by atoms with Crippen LogP contribution in [-0.2, 0) is 38.0 Å². The average Bonchev–Trinajstić information content (AvgIpc) is 4.26. The Bertz CT molecular complexity index is 3340. The standard InChI is InChI=1S/C35H45N7O4Si.C20H24N4OSi.CH4S.2CH4.BH.U/c1-34(2,3)46-33(44)41-16-9-12-29(41)32(43)40-21-35(22-40,14-15-36)42-20-27(25-10-7-8-11-28(25)42)30-26-13-17-39(31(26)38-23-37-30)24-45-18-19-47(4,5)6;1-26(2,3)11-10-25-14-24-9-8-16-19(22-13-23-20(16)24)17-12-21-18-7-5-4-6-15(17)18;1-2;;;;/h7-8,10-11,13,17,20,23,29H,9,12,14,16,18-19,21-22,24H2,1-6H3;4-9,12-13,21H,10-11,14H2,1-3H3;2H,1H3;2*1H4;1H;/i;;;;;1D;. The van der Waals surface area contributed by atoms with Gasteiger partial charge < -0.3 is 37.8 Å². The fourth-order valence-electron chi connectivity index (χ4n) is 9.85. The number of H-pyrrole nitrogens is 1. The van der Waals surface area contributed by atoms with Crippen LogP contribution in [0.1, 0.15) is 54.9 Å². The summed E-state index contributed by atoms with van der Waals surface area (Å²) in [4.78, 5) is 51.7. The van der Waals surface area contributed by atoms with E-state index in [-0.39, 0.29) is 58.3 Å². The molecule has 0 aliphatic carbocycles. The first kappa shape index (κ1) is 64.6. The minimum absolute atomic E-state index is 0. The van der Waals surface area contributed by atoms with Gasteiger partial charge in [0.05, 0.1) is 29.4 Å². The molecule has 1 atom stereocenters. The number of nitrogens with zero attached hydrogens (tertiary/aromatic N) is 10. The molecule has 79 heavy (non-hydrogen) atoms. The predicted octanol–water partition coefficient (Wildman–Crippen LogP) is 12.3. The molecule has 21 heteroatoms. The van der Waals surface area contributed by atoms with Crippen LogP contribution in [0.4, 0.5) is 4.79 Å². The largest absolute Gasteiger partial charge is 0.444 e. The normalized spacial score (nSPS) is 14.9. The Morgan fingerprint density at radius 1 is 0.797 bits per heavy atom. The van der Waals surface area contributed by atoms with Gasteiger partial charge in [-0.2, -0.15) is 17.9 Å². The van der Waals surface area contributed by atoms with Crippen LogP contribution in [-0.4, -0.2) is 137 Å². The van der Waals surface area contributed by atoms with E-state index in [1.807, 2.05) is 68.2 Å². The summed E-state index contributed by atoms with van der Waals surface area (Å²) < 4.78 is 29.0. The number of likely N-dealkylation sites (tertiary alicyclic amines) is 2. The first-order valence-electron chi connectivity index (χ1n) is 26.4. The third-order valence-corrected chi connectivity index (χ3v) is 17.2. The minimum atomic E-state index is -1.19. The van der Waals surface area contributed by atoms with Crippen molar-refractivity contribution in [3.05, 3.63) is 98.1 Å². The minimum Gasteiger partial charge on any atom is -0.444 e. The van der Waals surface area contributed by atoms with Crippen LogP contribution in [0.3, 0.4) is 0 Å². The Hall–Kier alpha value is -5.19. The Morgan fingerprint density at radius 3 is 1.87 bits per heavy atom. The molecule has 2 aliphatic rings. The second kappa shape index (κ2) is 28.0. The number of aromatic nitrogens is 8. The number of nitrogens with one attached hydrogen (secondary N) is 1. The number of ether oxygens (including phenoxy) is 3. The molecule has 420 valence electrons. The van der Waals surface area contributed by atoms with Crippen molar-refractivity contribution >= 4 is 93.0 Å². The van der Waals surface area contributed by atoms with Gasteiger partial charge in [-0.3, -0.25) is 9.69 Å². The van der Waals surface area contributed by atoms with Crippen LogP contribution in [0, 0.1) is 42.4 Å². The summed E-state index contributed by atoms with van der Waals surface area (Å²) in [5.74, 6) is -0.0930. The van der Waals surface area contributed by atoms with Gasteiger partial charge in [0.2, 0.25) is 5.91 Å². The summed E-state index contributed by atoms with van der Waals surface area (Å²) in [7, 11) is 1.49. The molecule has 2 fully saturated rings. The Balaban J connectivity index is 0.000000355. The first-order chi connectivity index (χ1) is 36.8. The number of nitriles is 1. The summed E-state index contributed by atoms with van der Waals surface area (Å²) >= 11 is 3.53. The molecule has 1 N–H and O–H groups in total. The number of carbonyl (C=O) groups is 2. The maximum absolute atomic E-state index is 13.8. The molecule has 8 aromatic rings. The zero-order valence-electron chi connectivity index (χ0n) is 47.3. The molecular weight excluding hydrogens is 1270 g/mol. The quantitative estimate of drug-likeness (QED) is 0.0571. The van der Waals surface area contributed by atoms with Gasteiger partial charge in [0.25, 0.3) is 0 Å². The van der Waals surface area contributed by atoms with Crippen molar-refractivity contribution in [2.75, 3.05) is 39.1 Å². The topological polar surface area (TPSA) is 174 Å². The molecule has 0 bridgehead atoms. The number of benzene rings is 2. The predicted molar refractivity (Wildman–Crippen MR) is 328 cm³/mol.